The second-order valence-corrected chi connectivity index (χ2v) is 15.2. The van der Waals surface area contributed by atoms with Crippen LogP contribution in [0.15, 0.2) is 200 Å². The third-order valence-electron chi connectivity index (χ3n) is 12.3. The summed E-state index contributed by atoms with van der Waals surface area (Å²) in [6, 6.07) is 69.4. The molecule has 4 heterocycles. The fourth-order valence-electron chi connectivity index (χ4n) is 10.2. The van der Waals surface area contributed by atoms with Gasteiger partial charge in [0.05, 0.1) is 11.2 Å². The molecule has 0 bridgehead atoms. The van der Waals surface area contributed by atoms with Gasteiger partial charge < -0.3 is 9.80 Å². The van der Waals surface area contributed by atoms with E-state index >= 15 is 0 Å². The highest BCUT2D eigenvalue weighted by Gasteiger charge is 2.49. The molecule has 8 aromatic carbocycles. The number of para-hydroxylation sites is 4. The van der Waals surface area contributed by atoms with Gasteiger partial charge in [-0.1, -0.05) is 173 Å². The molecule has 0 atom stereocenters. The minimum atomic E-state index is -0.0560. The molecular formula is C50H33B3N4. The Labute approximate surface area is 333 Å². The van der Waals surface area contributed by atoms with Gasteiger partial charge in [0.15, 0.2) is 0 Å². The fraction of sp³-hybridized carbons (Fsp3) is 0. The molecule has 0 saturated carbocycles. The van der Waals surface area contributed by atoms with Gasteiger partial charge in [-0.2, -0.15) is 0 Å². The van der Waals surface area contributed by atoms with Crippen LogP contribution in [0, 0.1) is 0 Å². The average molecular weight is 722 g/mol. The molecule has 0 spiro atoms. The van der Waals surface area contributed by atoms with Crippen LogP contribution in [0.2, 0.25) is 0 Å². The minimum absolute atomic E-state index is 0.0158. The van der Waals surface area contributed by atoms with Crippen molar-refractivity contribution in [1.29, 1.82) is 0 Å². The number of nitrogens with zero attached hydrogens (tertiary/aromatic N) is 4. The van der Waals surface area contributed by atoms with Crippen molar-refractivity contribution in [3.63, 3.8) is 0 Å². The standard InChI is InChI=1S/C50H33B3N4/c1-4-17-34(18-5-1)51-37-23-10-11-24-38(37)53-40-26-13-14-28-43(40)56(36-21-8-3-9-22-36)50-47(53)41(51)33-46-48(50)52(35-19-6-2-7-20-35)39-25-12-15-29-44(39)57(46)45-30-16-27-42-49(45)55-32-31-54-42/h1-33H. The van der Waals surface area contributed by atoms with Crippen molar-refractivity contribution in [2.24, 2.45) is 0 Å². The maximum absolute atomic E-state index is 5.00. The summed E-state index contributed by atoms with van der Waals surface area (Å²) in [6.45, 7) is -0.000314. The lowest BCUT2D eigenvalue weighted by atomic mass is 9.19. The highest BCUT2D eigenvalue weighted by atomic mass is 15.2. The van der Waals surface area contributed by atoms with Crippen LogP contribution in [0.4, 0.5) is 34.1 Å². The number of anilines is 6. The lowest BCUT2D eigenvalue weighted by Crippen LogP contribution is -2.78. The predicted molar refractivity (Wildman–Crippen MR) is 242 cm³/mol. The van der Waals surface area contributed by atoms with Crippen LogP contribution in [-0.2, 0) is 0 Å². The summed E-state index contributed by atoms with van der Waals surface area (Å²) in [7, 11) is 0. The lowest BCUT2D eigenvalue weighted by Gasteiger charge is -2.47. The Morgan fingerprint density at radius 2 is 0.877 bits per heavy atom. The van der Waals surface area contributed by atoms with Gasteiger partial charge in [0.1, 0.15) is 5.52 Å². The van der Waals surface area contributed by atoms with Crippen LogP contribution in [-0.4, -0.2) is 30.1 Å². The Bertz CT molecular complexity index is 3000. The zero-order valence-electron chi connectivity index (χ0n) is 31.1. The van der Waals surface area contributed by atoms with Crippen molar-refractivity contribution in [1.82, 2.24) is 9.97 Å². The van der Waals surface area contributed by atoms with E-state index < -0.39 is 0 Å². The van der Waals surface area contributed by atoms with E-state index in [0.29, 0.717) is 0 Å². The average Bonchev–Trinajstić information content (AvgIpc) is 3.28. The summed E-state index contributed by atoms with van der Waals surface area (Å²) in [5.41, 5.74) is 20.5. The Morgan fingerprint density at radius 1 is 0.351 bits per heavy atom. The summed E-state index contributed by atoms with van der Waals surface area (Å²) < 4.78 is 0. The van der Waals surface area contributed by atoms with Crippen LogP contribution < -0.4 is 59.0 Å². The van der Waals surface area contributed by atoms with Gasteiger partial charge in [-0.05, 0) is 64.3 Å². The molecule has 12 rings (SSSR count). The number of aromatic nitrogens is 2. The predicted octanol–water partition coefficient (Wildman–Crippen LogP) is 5.06. The van der Waals surface area contributed by atoms with E-state index in [1.165, 1.54) is 60.5 Å². The van der Waals surface area contributed by atoms with Crippen LogP contribution in [0.1, 0.15) is 0 Å². The van der Waals surface area contributed by atoms with Gasteiger partial charge >= 0.3 is 0 Å². The summed E-state index contributed by atoms with van der Waals surface area (Å²) in [5.74, 6) is 0. The topological polar surface area (TPSA) is 32.3 Å². The quantitative estimate of drug-likeness (QED) is 0.238. The fourth-order valence-corrected chi connectivity index (χ4v) is 10.2. The van der Waals surface area contributed by atoms with E-state index in [1.54, 1.807) is 6.20 Å². The molecule has 1 aromatic heterocycles. The van der Waals surface area contributed by atoms with Crippen molar-refractivity contribution in [3.8, 4) is 0 Å². The molecule has 0 amide bonds. The molecular weight excluding hydrogens is 689 g/mol. The zero-order chi connectivity index (χ0) is 37.5. The molecule has 4 nitrogen and oxygen atoms in total. The minimum Gasteiger partial charge on any atom is -0.312 e. The van der Waals surface area contributed by atoms with E-state index in [4.69, 9.17) is 9.97 Å². The molecule has 0 N–H and O–H groups in total. The highest BCUT2D eigenvalue weighted by molar-refractivity contribution is 7.13. The van der Waals surface area contributed by atoms with E-state index in [0.717, 1.165) is 33.8 Å². The SMILES string of the molecule is c1ccc(B2c3ccccc3B3c4ccccc4N(c4ccccc4)c4c3c2cc2c4B(c3ccccc3)c3ccccc3N2c2cccc3nccnc23)cc1. The maximum Gasteiger partial charge on any atom is 0.249 e. The van der Waals surface area contributed by atoms with Crippen LogP contribution in [0.3, 0.4) is 0 Å². The van der Waals surface area contributed by atoms with Gasteiger partial charge in [-0.15, -0.1) is 0 Å². The molecule has 0 radical (unpaired) electrons. The van der Waals surface area contributed by atoms with Gasteiger partial charge in [0.25, 0.3) is 0 Å². The molecule has 9 aromatic rings. The second-order valence-electron chi connectivity index (χ2n) is 15.2. The molecule has 7 heteroatoms. The Kier molecular flexibility index (Phi) is 7.18. The van der Waals surface area contributed by atoms with Crippen molar-refractivity contribution < 1.29 is 0 Å². The first-order chi connectivity index (χ1) is 28.3. The second kappa shape index (κ2) is 12.7. The van der Waals surface area contributed by atoms with Gasteiger partial charge in [-0.3, -0.25) is 9.97 Å². The molecule has 0 fully saturated rings. The largest absolute Gasteiger partial charge is 0.312 e. The summed E-state index contributed by atoms with van der Waals surface area (Å²) in [6.07, 6.45) is 3.60. The molecule has 262 valence electrons. The van der Waals surface area contributed by atoms with E-state index in [9.17, 15) is 0 Å². The molecule has 0 saturated heterocycles. The van der Waals surface area contributed by atoms with Gasteiger partial charge in [0.2, 0.25) is 20.1 Å². The normalized spacial score (nSPS) is 13.4. The van der Waals surface area contributed by atoms with Crippen LogP contribution in [0.25, 0.3) is 11.0 Å². The Balaban J connectivity index is 1.30. The van der Waals surface area contributed by atoms with E-state index in [1.807, 2.05) is 6.20 Å². The first kappa shape index (κ1) is 32.2. The van der Waals surface area contributed by atoms with Crippen molar-refractivity contribution >= 4 is 114 Å². The monoisotopic (exact) mass is 722 g/mol. The first-order valence-electron chi connectivity index (χ1n) is 19.8. The Morgan fingerprint density at radius 3 is 1.58 bits per heavy atom. The number of benzene rings is 8. The summed E-state index contributed by atoms with van der Waals surface area (Å²) >= 11 is 0. The number of hydrogen-bond donors (Lipinski definition) is 0. The third-order valence-corrected chi connectivity index (χ3v) is 12.3. The maximum atomic E-state index is 5.00. The van der Waals surface area contributed by atoms with Gasteiger partial charge in [0, 0.05) is 40.8 Å². The molecule has 0 aliphatic carbocycles. The van der Waals surface area contributed by atoms with E-state index in [2.05, 4.69) is 198 Å². The first-order valence-corrected chi connectivity index (χ1v) is 19.8. The number of fused-ring (bicyclic) bond motifs is 8. The van der Waals surface area contributed by atoms with Crippen molar-refractivity contribution in [2.45, 2.75) is 0 Å². The Hall–Kier alpha value is -7.11. The van der Waals surface area contributed by atoms with E-state index in [-0.39, 0.29) is 20.1 Å². The molecule has 0 unspecified atom stereocenters. The highest BCUT2D eigenvalue weighted by Crippen LogP contribution is 2.43. The molecule has 57 heavy (non-hydrogen) atoms. The van der Waals surface area contributed by atoms with Crippen LogP contribution in [0.5, 0.6) is 0 Å². The number of rotatable bonds is 4. The third kappa shape index (κ3) is 4.72. The van der Waals surface area contributed by atoms with Gasteiger partial charge in [-0.25, -0.2) is 0 Å². The van der Waals surface area contributed by atoms with Crippen molar-refractivity contribution in [2.75, 3.05) is 9.80 Å². The summed E-state index contributed by atoms with van der Waals surface area (Å²) in [4.78, 5) is 14.9. The van der Waals surface area contributed by atoms with Crippen LogP contribution >= 0.6 is 0 Å². The summed E-state index contributed by atoms with van der Waals surface area (Å²) in [5, 5.41) is 0. The number of hydrogen-bond acceptors (Lipinski definition) is 4. The smallest absolute Gasteiger partial charge is 0.249 e. The zero-order valence-corrected chi connectivity index (χ0v) is 31.1. The lowest BCUT2D eigenvalue weighted by molar-refractivity contribution is 1.24. The molecule has 3 aliphatic heterocycles. The molecule has 3 aliphatic rings. The van der Waals surface area contributed by atoms with Crippen molar-refractivity contribution in [3.05, 3.63) is 200 Å².